The van der Waals surface area contributed by atoms with Crippen molar-refractivity contribution in [2.75, 3.05) is 13.1 Å². The Hall–Kier alpha value is -1.00. The summed E-state index contributed by atoms with van der Waals surface area (Å²) < 4.78 is 26.7. The first-order chi connectivity index (χ1) is 10.2. The lowest BCUT2D eigenvalue weighted by Crippen LogP contribution is -2.50. The van der Waals surface area contributed by atoms with Gasteiger partial charge in [0.2, 0.25) is 0 Å². The Kier molecular flexibility index (Phi) is 4.55. The molecule has 3 unspecified atom stereocenters. The third-order valence-corrected chi connectivity index (χ3v) is 5.24. The third-order valence-electron chi connectivity index (χ3n) is 5.24. The largest absolute Gasteiger partial charge is 0.329 e. The normalized spacial score (nSPS) is 28.1. The third kappa shape index (κ3) is 2.97. The molecule has 2 fully saturated rings. The van der Waals surface area contributed by atoms with Crippen molar-refractivity contribution >= 4 is 0 Å². The van der Waals surface area contributed by atoms with Gasteiger partial charge < -0.3 is 5.73 Å². The maximum atomic E-state index is 13.5. The molecule has 0 spiro atoms. The highest BCUT2D eigenvalue weighted by Gasteiger charge is 2.36. The Morgan fingerprint density at radius 3 is 2.62 bits per heavy atom. The molecule has 0 aromatic heterocycles. The van der Waals surface area contributed by atoms with Crippen molar-refractivity contribution in [1.29, 1.82) is 0 Å². The molecule has 3 atom stereocenters. The summed E-state index contributed by atoms with van der Waals surface area (Å²) in [5.41, 5.74) is 6.80. The van der Waals surface area contributed by atoms with Gasteiger partial charge in [-0.25, -0.2) is 8.78 Å². The molecule has 2 nitrogen and oxygen atoms in total. The number of benzene rings is 1. The molecule has 2 N–H and O–H groups in total. The summed E-state index contributed by atoms with van der Waals surface area (Å²) in [5.74, 6) is -0.807. The smallest absolute Gasteiger partial charge is 0.159 e. The number of rotatable bonds is 3. The molecule has 0 radical (unpaired) electrons. The number of halogens is 2. The molecule has 1 heterocycles. The molecule has 1 saturated carbocycles. The zero-order valence-electron chi connectivity index (χ0n) is 12.4. The molecule has 1 saturated heterocycles. The SMILES string of the molecule is NCC(c1ccc(F)c(F)c1)N1CCCC2CCCCC21. The minimum atomic E-state index is -0.788. The van der Waals surface area contributed by atoms with Gasteiger partial charge in [-0.05, 0) is 55.8 Å². The van der Waals surface area contributed by atoms with Gasteiger partial charge >= 0.3 is 0 Å². The van der Waals surface area contributed by atoms with Crippen molar-refractivity contribution in [2.45, 2.75) is 50.6 Å². The summed E-state index contributed by atoms with van der Waals surface area (Å²) in [4.78, 5) is 2.46. The van der Waals surface area contributed by atoms with E-state index in [4.69, 9.17) is 5.73 Å². The molecule has 1 aliphatic carbocycles. The molecule has 0 bridgehead atoms. The summed E-state index contributed by atoms with van der Waals surface area (Å²) in [6.07, 6.45) is 7.60. The Bertz CT molecular complexity index is 490. The first-order valence-electron chi connectivity index (χ1n) is 8.11. The number of nitrogens with two attached hydrogens (primary N) is 1. The second-order valence-electron chi connectivity index (χ2n) is 6.42. The average Bonchev–Trinajstić information content (AvgIpc) is 2.52. The van der Waals surface area contributed by atoms with Gasteiger partial charge in [0.1, 0.15) is 0 Å². The molecule has 1 aromatic rings. The summed E-state index contributed by atoms with van der Waals surface area (Å²) in [5, 5.41) is 0. The van der Waals surface area contributed by atoms with Crippen LogP contribution >= 0.6 is 0 Å². The highest BCUT2D eigenvalue weighted by molar-refractivity contribution is 5.22. The highest BCUT2D eigenvalue weighted by Crippen LogP contribution is 2.39. The fourth-order valence-corrected chi connectivity index (χ4v) is 4.23. The van der Waals surface area contributed by atoms with Gasteiger partial charge in [-0.2, -0.15) is 0 Å². The quantitative estimate of drug-likeness (QED) is 0.922. The van der Waals surface area contributed by atoms with Gasteiger partial charge in [-0.1, -0.05) is 18.9 Å². The molecule has 21 heavy (non-hydrogen) atoms. The summed E-state index contributed by atoms with van der Waals surface area (Å²) in [6, 6.07) is 4.79. The van der Waals surface area contributed by atoms with Crippen LogP contribution in [0.4, 0.5) is 8.78 Å². The maximum absolute atomic E-state index is 13.5. The van der Waals surface area contributed by atoms with Gasteiger partial charge in [0.15, 0.2) is 11.6 Å². The molecule has 4 heteroatoms. The standard InChI is InChI=1S/C17H24F2N2/c18-14-8-7-13(10-15(14)19)17(11-20)21-9-3-5-12-4-1-2-6-16(12)21/h7-8,10,12,16-17H,1-6,9,11,20H2. The number of piperidine rings is 1. The molecule has 0 amide bonds. The van der Waals surface area contributed by atoms with Crippen LogP contribution < -0.4 is 5.73 Å². The summed E-state index contributed by atoms with van der Waals surface area (Å²) in [7, 11) is 0. The fourth-order valence-electron chi connectivity index (χ4n) is 4.23. The van der Waals surface area contributed by atoms with Gasteiger partial charge in [-0.15, -0.1) is 0 Å². The molecule has 116 valence electrons. The fraction of sp³-hybridized carbons (Fsp3) is 0.647. The van der Waals surface area contributed by atoms with Gasteiger partial charge in [0.05, 0.1) is 0 Å². The molecule has 2 aliphatic rings. The monoisotopic (exact) mass is 294 g/mol. The second-order valence-corrected chi connectivity index (χ2v) is 6.42. The summed E-state index contributed by atoms with van der Waals surface area (Å²) in [6.45, 7) is 1.47. The van der Waals surface area contributed by atoms with Crippen molar-refractivity contribution in [3.63, 3.8) is 0 Å². The van der Waals surface area contributed by atoms with Crippen molar-refractivity contribution in [3.8, 4) is 0 Å². The van der Waals surface area contributed by atoms with Crippen molar-refractivity contribution < 1.29 is 8.78 Å². The van der Waals surface area contributed by atoms with Crippen LogP contribution in [0.1, 0.15) is 50.1 Å². The van der Waals surface area contributed by atoms with Crippen molar-refractivity contribution in [3.05, 3.63) is 35.4 Å². The van der Waals surface area contributed by atoms with Crippen LogP contribution in [0.5, 0.6) is 0 Å². The molecular formula is C17H24F2N2. The average molecular weight is 294 g/mol. The van der Waals surface area contributed by atoms with Crippen LogP contribution in [-0.2, 0) is 0 Å². The summed E-state index contributed by atoms with van der Waals surface area (Å²) >= 11 is 0. The van der Waals surface area contributed by atoms with E-state index in [0.717, 1.165) is 18.0 Å². The topological polar surface area (TPSA) is 29.3 Å². The van der Waals surface area contributed by atoms with E-state index in [1.165, 1.54) is 50.7 Å². The van der Waals surface area contributed by atoms with E-state index in [9.17, 15) is 8.78 Å². The lowest BCUT2D eigenvalue weighted by atomic mass is 9.77. The Balaban J connectivity index is 1.85. The Morgan fingerprint density at radius 1 is 1.10 bits per heavy atom. The highest BCUT2D eigenvalue weighted by atomic mass is 19.2. The minimum Gasteiger partial charge on any atom is -0.329 e. The molecule has 3 rings (SSSR count). The molecule has 1 aromatic carbocycles. The van der Waals surface area contributed by atoms with E-state index in [2.05, 4.69) is 4.90 Å². The van der Waals surface area contributed by atoms with Crippen LogP contribution in [0, 0.1) is 17.6 Å². The van der Waals surface area contributed by atoms with Gasteiger partial charge in [0.25, 0.3) is 0 Å². The van der Waals surface area contributed by atoms with E-state index in [0.29, 0.717) is 12.6 Å². The second kappa shape index (κ2) is 6.41. The van der Waals surface area contributed by atoms with Gasteiger partial charge in [-0.3, -0.25) is 4.90 Å². The number of hydrogen-bond donors (Lipinski definition) is 1. The van der Waals surface area contributed by atoms with Crippen LogP contribution in [-0.4, -0.2) is 24.0 Å². The van der Waals surface area contributed by atoms with E-state index in [1.54, 1.807) is 6.07 Å². The molecular weight excluding hydrogens is 270 g/mol. The van der Waals surface area contributed by atoms with E-state index < -0.39 is 11.6 Å². The van der Waals surface area contributed by atoms with Crippen molar-refractivity contribution in [1.82, 2.24) is 4.90 Å². The lowest BCUT2D eigenvalue weighted by molar-refractivity contribution is 0.0275. The number of fused-ring (bicyclic) bond motifs is 1. The Morgan fingerprint density at radius 2 is 1.86 bits per heavy atom. The van der Waals surface area contributed by atoms with Gasteiger partial charge in [0, 0.05) is 18.6 Å². The minimum absolute atomic E-state index is 0.00556. The van der Waals surface area contributed by atoms with Crippen LogP contribution in [0.3, 0.4) is 0 Å². The maximum Gasteiger partial charge on any atom is 0.159 e. The number of likely N-dealkylation sites (tertiary alicyclic amines) is 1. The van der Waals surface area contributed by atoms with Crippen molar-refractivity contribution in [2.24, 2.45) is 11.7 Å². The number of nitrogens with zero attached hydrogens (tertiary/aromatic N) is 1. The van der Waals surface area contributed by atoms with E-state index in [1.807, 2.05) is 0 Å². The Labute approximate surface area is 125 Å². The first kappa shape index (κ1) is 14.9. The van der Waals surface area contributed by atoms with Crippen LogP contribution in [0.2, 0.25) is 0 Å². The van der Waals surface area contributed by atoms with Crippen LogP contribution in [0.15, 0.2) is 18.2 Å². The van der Waals surface area contributed by atoms with E-state index >= 15 is 0 Å². The predicted octanol–water partition coefficient (Wildman–Crippen LogP) is 3.62. The predicted molar refractivity (Wildman–Crippen MR) is 79.8 cm³/mol. The molecule has 1 aliphatic heterocycles. The lowest BCUT2D eigenvalue weighted by Gasteiger charge is -2.47. The number of hydrogen-bond acceptors (Lipinski definition) is 2. The van der Waals surface area contributed by atoms with E-state index in [-0.39, 0.29) is 6.04 Å². The zero-order chi connectivity index (χ0) is 14.8. The first-order valence-corrected chi connectivity index (χ1v) is 8.11. The van der Waals surface area contributed by atoms with Crippen LogP contribution in [0.25, 0.3) is 0 Å². The zero-order valence-corrected chi connectivity index (χ0v) is 12.4.